The number of aromatic nitrogens is 2. The van der Waals surface area contributed by atoms with Gasteiger partial charge in [-0.15, -0.1) is 0 Å². The van der Waals surface area contributed by atoms with Gasteiger partial charge in [0, 0.05) is 30.7 Å². The molecule has 2 heterocycles. The summed E-state index contributed by atoms with van der Waals surface area (Å²) < 4.78 is 1.90. The molecule has 0 amide bonds. The standard InChI is InChI=1S/C9H10N4/c10-6-8(11)7-1-3-13-4-2-12-9(13)5-7/h1-5,11H,6,10H2. The zero-order valence-electron chi connectivity index (χ0n) is 7.07. The van der Waals surface area contributed by atoms with Crippen molar-refractivity contribution in [2.75, 3.05) is 6.54 Å². The first-order chi connectivity index (χ1) is 6.31. The highest BCUT2D eigenvalue weighted by atomic mass is 15.0. The van der Waals surface area contributed by atoms with Crippen molar-refractivity contribution in [2.45, 2.75) is 0 Å². The Balaban J connectivity index is 2.54. The minimum Gasteiger partial charge on any atom is -0.325 e. The largest absolute Gasteiger partial charge is 0.325 e. The van der Waals surface area contributed by atoms with Crippen LogP contribution >= 0.6 is 0 Å². The number of hydrogen-bond acceptors (Lipinski definition) is 3. The van der Waals surface area contributed by atoms with Crippen LogP contribution in [0.15, 0.2) is 30.7 Å². The van der Waals surface area contributed by atoms with Crippen LogP contribution in [-0.4, -0.2) is 21.6 Å². The minimum absolute atomic E-state index is 0.261. The molecule has 3 N–H and O–H groups in total. The quantitative estimate of drug-likeness (QED) is 0.657. The van der Waals surface area contributed by atoms with E-state index in [2.05, 4.69) is 4.98 Å². The van der Waals surface area contributed by atoms with E-state index in [1.165, 1.54) is 0 Å². The molecule has 0 saturated carbocycles. The molecular formula is C9H10N4. The van der Waals surface area contributed by atoms with Crippen LogP contribution in [0.25, 0.3) is 5.65 Å². The molecular weight excluding hydrogens is 164 g/mol. The zero-order valence-corrected chi connectivity index (χ0v) is 7.07. The predicted molar refractivity (Wildman–Crippen MR) is 51.1 cm³/mol. The molecule has 2 rings (SSSR count). The number of hydrogen-bond donors (Lipinski definition) is 2. The molecule has 2 aromatic heterocycles. The van der Waals surface area contributed by atoms with Crippen molar-refractivity contribution in [3.63, 3.8) is 0 Å². The molecule has 0 aliphatic carbocycles. The number of nitrogens with two attached hydrogens (primary N) is 1. The Morgan fingerprint density at radius 3 is 3.15 bits per heavy atom. The second-order valence-electron chi connectivity index (χ2n) is 2.79. The molecule has 0 radical (unpaired) electrons. The molecule has 13 heavy (non-hydrogen) atoms. The molecule has 0 fully saturated rings. The van der Waals surface area contributed by atoms with E-state index in [9.17, 15) is 0 Å². The van der Waals surface area contributed by atoms with Gasteiger partial charge in [-0.3, -0.25) is 0 Å². The summed E-state index contributed by atoms with van der Waals surface area (Å²) in [6, 6.07) is 3.72. The molecule has 2 aromatic rings. The average Bonchev–Trinajstić information content (AvgIpc) is 2.63. The number of imidazole rings is 1. The Morgan fingerprint density at radius 1 is 1.54 bits per heavy atom. The van der Waals surface area contributed by atoms with Crippen LogP contribution in [0.2, 0.25) is 0 Å². The van der Waals surface area contributed by atoms with Gasteiger partial charge in [0.15, 0.2) is 0 Å². The highest BCUT2D eigenvalue weighted by Gasteiger charge is 2.00. The molecule has 0 unspecified atom stereocenters. The van der Waals surface area contributed by atoms with Gasteiger partial charge in [-0.2, -0.15) is 0 Å². The maximum absolute atomic E-state index is 7.54. The van der Waals surface area contributed by atoms with Gasteiger partial charge in [-0.05, 0) is 12.1 Å². The summed E-state index contributed by atoms with van der Waals surface area (Å²) in [5.74, 6) is 0. The van der Waals surface area contributed by atoms with Gasteiger partial charge in [-0.25, -0.2) is 4.98 Å². The Kier molecular flexibility index (Phi) is 1.83. The maximum Gasteiger partial charge on any atom is 0.137 e. The van der Waals surface area contributed by atoms with Crippen LogP contribution in [0, 0.1) is 5.41 Å². The maximum atomic E-state index is 7.54. The fourth-order valence-corrected chi connectivity index (χ4v) is 1.22. The third-order valence-corrected chi connectivity index (χ3v) is 1.95. The normalized spacial score (nSPS) is 10.5. The lowest BCUT2D eigenvalue weighted by molar-refractivity contribution is 1.17. The van der Waals surface area contributed by atoms with Gasteiger partial charge in [0.2, 0.25) is 0 Å². The van der Waals surface area contributed by atoms with Crippen LogP contribution in [0.5, 0.6) is 0 Å². The second kappa shape index (κ2) is 2.99. The van der Waals surface area contributed by atoms with E-state index < -0.39 is 0 Å². The summed E-state index contributed by atoms with van der Waals surface area (Å²) >= 11 is 0. The molecule has 66 valence electrons. The third kappa shape index (κ3) is 1.31. The van der Waals surface area contributed by atoms with Crippen LogP contribution in [0.4, 0.5) is 0 Å². The van der Waals surface area contributed by atoms with Crippen molar-refractivity contribution in [2.24, 2.45) is 5.73 Å². The van der Waals surface area contributed by atoms with E-state index in [1.54, 1.807) is 6.20 Å². The summed E-state index contributed by atoms with van der Waals surface area (Å²) in [4.78, 5) is 4.12. The molecule has 4 heteroatoms. The molecule has 0 bridgehead atoms. The number of nitrogens with one attached hydrogen (secondary N) is 1. The van der Waals surface area contributed by atoms with Crippen molar-refractivity contribution in [1.82, 2.24) is 9.38 Å². The Labute approximate surface area is 75.5 Å². The molecule has 0 atom stereocenters. The van der Waals surface area contributed by atoms with E-state index in [0.717, 1.165) is 11.2 Å². The monoisotopic (exact) mass is 174 g/mol. The summed E-state index contributed by atoms with van der Waals surface area (Å²) in [6.07, 6.45) is 5.47. The predicted octanol–water partition coefficient (Wildman–Crippen LogP) is 0.661. The Hall–Kier alpha value is -1.68. The lowest BCUT2D eigenvalue weighted by Crippen LogP contribution is -2.13. The lowest BCUT2D eigenvalue weighted by atomic mass is 10.1. The summed E-state index contributed by atoms with van der Waals surface area (Å²) in [5, 5.41) is 7.54. The lowest BCUT2D eigenvalue weighted by Gasteiger charge is -2.00. The second-order valence-corrected chi connectivity index (χ2v) is 2.79. The number of fused-ring (bicyclic) bond motifs is 1. The van der Waals surface area contributed by atoms with Crippen LogP contribution in [-0.2, 0) is 0 Å². The van der Waals surface area contributed by atoms with E-state index >= 15 is 0 Å². The van der Waals surface area contributed by atoms with Gasteiger partial charge in [-0.1, -0.05) is 0 Å². The van der Waals surface area contributed by atoms with Crippen molar-refractivity contribution in [1.29, 1.82) is 5.41 Å². The first-order valence-electron chi connectivity index (χ1n) is 4.02. The van der Waals surface area contributed by atoms with Crippen molar-refractivity contribution in [3.8, 4) is 0 Å². The Morgan fingerprint density at radius 2 is 2.38 bits per heavy atom. The van der Waals surface area contributed by atoms with Crippen LogP contribution in [0.3, 0.4) is 0 Å². The SMILES string of the molecule is N=C(CN)c1ccn2ccnc2c1. The van der Waals surface area contributed by atoms with Gasteiger partial charge >= 0.3 is 0 Å². The van der Waals surface area contributed by atoms with Crippen molar-refractivity contribution < 1.29 is 0 Å². The van der Waals surface area contributed by atoms with Crippen LogP contribution in [0.1, 0.15) is 5.56 Å². The summed E-state index contributed by atoms with van der Waals surface area (Å²) in [6.45, 7) is 0.261. The zero-order chi connectivity index (χ0) is 9.26. The summed E-state index contributed by atoms with van der Waals surface area (Å²) in [5.41, 5.74) is 7.49. The van der Waals surface area contributed by atoms with Gasteiger partial charge in [0.05, 0.1) is 5.71 Å². The number of nitrogens with zero attached hydrogens (tertiary/aromatic N) is 2. The van der Waals surface area contributed by atoms with Gasteiger partial charge in [0.1, 0.15) is 5.65 Å². The smallest absolute Gasteiger partial charge is 0.137 e. The number of pyridine rings is 1. The summed E-state index contributed by atoms with van der Waals surface area (Å²) in [7, 11) is 0. The Bertz CT molecular complexity index is 444. The molecule has 0 aliphatic rings. The van der Waals surface area contributed by atoms with E-state index in [-0.39, 0.29) is 6.54 Å². The topological polar surface area (TPSA) is 67.2 Å². The van der Waals surface area contributed by atoms with Gasteiger partial charge < -0.3 is 15.5 Å². The molecule has 0 spiro atoms. The van der Waals surface area contributed by atoms with E-state index in [0.29, 0.717) is 5.71 Å². The highest BCUT2D eigenvalue weighted by Crippen LogP contribution is 2.05. The van der Waals surface area contributed by atoms with E-state index in [1.807, 2.05) is 28.9 Å². The minimum atomic E-state index is 0.261. The fraction of sp³-hybridized carbons (Fsp3) is 0.111. The highest BCUT2D eigenvalue weighted by molar-refractivity contribution is 6.00. The molecule has 0 aromatic carbocycles. The first kappa shape index (κ1) is 7.94. The van der Waals surface area contributed by atoms with Crippen molar-refractivity contribution in [3.05, 3.63) is 36.3 Å². The van der Waals surface area contributed by atoms with Crippen molar-refractivity contribution >= 4 is 11.4 Å². The first-order valence-corrected chi connectivity index (χ1v) is 4.02. The fourth-order valence-electron chi connectivity index (χ4n) is 1.22. The third-order valence-electron chi connectivity index (χ3n) is 1.95. The van der Waals surface area contributed by atoms with Crippen LogP contribution < -0.4 is 5.73 Å². The number of rotatable bonds is 2. The molecule has 4 nitrogen and oxygen atoms in total. The van der Waals surface area contributed by atoms with E-state index in [4.69, 9.17) is 11.1 Å². The average molecular weight is 174 g/mol. The molecule has 0 saturated heterocycles. The molecule has 0 aliphatic heterocycles. The van der Waals surface area contributed by atoms with Gasteiger partial charge in [0.25, 0.3) is 0 Å².